The average Bonchev–Trinajstić information content (AvgIpc) is 2.65. The van der Waals surface area contributed by atoms with Gasteiger partial charge in [-0.15, -0.1) is 0 Å². The van der Waals surface area contributed by atoms with Gasteiger partial charge in [0, 0.05) is 7.05 Å². The van der Waals surface area contributed by atoms with Gasteiger partial charge in [0.2, 0.25) is 0 Å². The quantitative estimate of drug-likeness (QED) is 0.761. The van der Waals surface area contributed by atoms with E-state index in [1.165, 1.54) is 5.82 Å². The van der Waals surface area contributed by atoms with Gasteiger partial charge in [-0.25, -0.2) is 0 Å². The lowest BCUT2D eigenvalue weighted by Gasteiger charge is -2.45. The van der Waals surface area contributed by atoms with Crippen molar-refractivity contribution in [3.63, 3.8) is 0 Å². The fourth-order valence-corrected chi connectivity index (χ4v) is 10.4. The van der Waals surface area contributed by atoms with Crippen molar-refractivity contribution < 1.29 is 0 Å². The summed E-state index contributed by atoms with van der Waals surface area (Å²) in [4.78, 5) is 0. The van der Waals surface area contributed by atoms with Crippen LogP contribution in [0.1, 0.15) is 41.5 Å². The number of aromatic nitrogens is 1. The molecule has 0 aliphatic heterocycles. The number of nitrogens with one attached hydrogen (secondary N) is 1. The van der Waals surface area contributed by atoms with Crippen LogP contribution in [-0.4, -0.2) is 19.5 Å². The summed E-state index contributed by atoms with van der Waals surface area (Å²) in [6, 6.07) is 4.36. The number of nitrogens with zero attached hydrogens (tertiary/aromatic N) is 1. The lowest BCUT2D eigenvalue weighted by Crippen LogP contribution is -2.51. The van der Waals surface area contributed by atoms with Crippen molar-refractivity contribution in [2.75, 3.05) is 12.4 Å². The van der Waals surface area contributed by atoms with E-state index >= 15 is 0 Å². The highest BCUT2D eigenvalue weighted by molar-refractivity contribution is 6.82. The molecule has 0 aliphatic rings. The topological polar surface area (TPSA) is 17.0 Å². The summed E-state index contributed by atoms with van der Waals surface area (Å²) in [5.74, 6) is 1.27. The summed E-state index contributed by atoms with van der Waals surface area (Å²) in [6.45, 7) is 14.4. The third-order valence-electron chi connectivity index (χ3n) is 4.20. The molecule has 0 radical (unpaired) electrons. The minimum atomic E-state index is -1.56. The van der Waals surface area contributed by atoms with E-state index in [-0.39, 0.29) is 0 Å². The number of anilines is 1. The largest absolute Gasteiger partial charge is 0.375 e. The lowest BCUT2D eigenvalue weighted by molar-refractivity contribution is 0.767. The molecule has 0 atom stereocenters. The molecule has 3 heteroatoms. The van der Waals surface area contributed by atoms with Gasteiger partial charge in [-0.2, -0.15) is 0 Å². The van der Waals surface area contributed by atoms with Gasteiger partial charge in [0.15, 0.2) is 8.24 Å². The molecule has 0 unspecified atom stereocenters. The number of rotatable bonds is 5. The maximum Gasteiger partial charge on any atom is 0.171 e. The highest BCUT2D eigenvalue weighted by Gasteiger charge is 2.45. The van der Waals surface area contributed by atoms with Crippen molar-refractivity contribution in [2.45, 2.75) is 58.2 Å². The van der Waals surface area contributed by atoms with E-state index in [2.05, 4.69) is 69.4 Å². The Morgan fingerprint density at radius 1 is 1.00 bits per heavy atom. The van der Waals surface area contributed by atoms with Gasteiger partial charge in [0.05, 0.1) is 5.82 Å². The molecule has 0 bridgehead atoms. The van der Waals surface area contributed by atoms with Crippen LogP contribution in [0.4, 0.5) is 5.82 Å². The van der Waals surface area contributed by atoms with E-state index in [4.69, 9.17) is 0 Å². The lowest BCUT2D eigenvalue weighted by atomic mass is 10.5. The second kappa shape index (κ2) is 5.30. The molecule has 0 amide bonds. The van der Waals surface area contributed by atoms with Crippen LogP contribution in [0.25, 0.3) is 0 Å². The average molecular weight is 252 g/mol. The summed E-state index contributed by atoms with van der Waals surface area (Å²) in [6.07, 6.45) is 2.28. The van der Waals surface area contributed by atoms with Gasteiger partial charge < -0.3 is 9.55 Å². The van der Waals surface area contributed by atoms with E-state index in [1.807, 2.05) is 7.05 Å². The zero-order valence-electron chi connectivity index (χ0n) is 12.4. The van der Waals surface area contributed by atoms with E-state index in [0.29, 0.717) is 0 Å². The molecule has 0 saturated carbocycles. The van der Waals surface area contributed by atoms with Crippen LogP contribution < -0.4 is 5.32 Å². The minimum Gasteiger partial charge on any atom is -0.375 e. The second-order valence-electron chi connectivity index (χ2n) is 5.86. The van der Waals surface area contributed by atoms with Crippen LogP contribution >= 0.6 is 0 Å². The number of hydrogen-bond acceptors (Lipinski definition) is 1. The third kappa shape index (κ3) is 2.17. The van der Waals surface area contributed by atoms with E-state index in [9.17, 15) is 0 Å². The predicted octanol–water partition coefficient (Wildman–Crippen LogP) is 4.55. The Morgan fingerprint density at radius 3 is 1.82 bits per heavy atom. The molecular formula is C14H28N2Si. The molecule has 98 valence electrons. The molecule has 1 rings (SSSR count). The first kappa shape index (κ1) is 14.4. The molecule has 1 aromatic heterocycles. The first-order valence-corrected chi connectivity index (χ1v) is 8.92. The van der Waals surface area contributed by atoms with Gasteiger partial charge in [0.1, 0.15) is 0 Å². The van der Waals surface area contributed by atoms with Crippen molar-refractivity contribution in [1.29, 1.82) is 0 Å². The van der Waals surface area contributed by atoms with Gasteiger partial charge in [-0.1, -0.05) is 41.5 Å². The summed E-state index contributed by atoms with van der Waals surface area (Å²) in [5, 5.41) is 3.34. The van der Waals surface area contributed by atoms with Crippen LogP contribution in [0.2, 0.25) is 16.6 Å². The Kier molecular flexibility index (Phi) is 4.47. The third-order valence-corrected chi connectivity index (χ3v) is 11.0. The first-order valence-electron chi connectivity index (χ1n) is 6.74. The van der Waals surface area contributed by atoms with Crippen molar-refractivity contribution >= 4 is 14.1 Å². The molecule has 0 aliphatic carbocycles. The molecule has 1 aromatic rings. The molecule has 1 heterocycles. The highest BCUT2D eigenvalue weighted by atomic mass is 28.3. The first-order chi connectivity index (χ1) is 7.88. The zero-order chi connectivity index (χ0) is 13.2. The standard InChI is InChI=1S/C14H28N2Si/c1-11(2)17(12(3)4,13(5)6)16-10-8-9-14(16)15-7/h8-13,15H,1-7H3. The van der Waals surface area contributed by atoms with E-state index < -0.39 is 8.24 Å². The SMILES string of the molecule is CNc1cccn1[Si](C(C)C)(C(C)C)C(C)C. The zero-order valence-corrected chi connectivity index (χ0v) is 13.4. The van der Waals surface area contributed by atoms with Gasteiger partial charge in [0.25, 0.3) is 0 Å². The highest BCUT2D eigenvalue weighted by Crippen LogP contribution is 2.43. The molecule has 1 N–H and O–H groups in total. The summed E-state index contributed by atoms with van der Waals surface area (Å²) < 4.78 is 2.58. The smallest absolute Gasteiger partial charge is 0.171 e. The molecular weight excluding hydrogens is 224 g/mol. The van der Waals surface area contributed by atoms with Crippen molar-refractivity contribution in [3.05, 3.63) is 18.3 Å². The molecule has 0 aromatic carbocycles. The van der Waals surface area contributed by atoms with Gasteiger partial charge in [-0.3, -0.25) is 0 Å². The van der Waals surface area contributed by atoms with Crippen LogP contribution in [0.3, 0.4) is 0 Å². The van der Waals surface area contributed by atoms with Crippen molar-refractivity contribution in [1.82, 2.24) is 4.23 Å². The maximum absolute atomic E-state index is 3.34. The summed E-state index contributed by atoms with van der Waals surface area (Å²) in [7, 11) is 0.457. The summed E-state index contributed by atoms with van der Waals surface area (Å²) >= 11 is 0. The molecule has 17 heavy (non-hydrogen) atoms. The summed E-state index contributed by atoms with van der Waals surface area (Å²) in [5.41, 5.74) is 2.21. The Morgan fingerprint density at radius 2 is 1.47 bits per heavy atom. The van der Waals surface area contributed by atoms with Crippen molar-refractivity contribution in [3.8, 4) is 0 Å². The predicted molar refractivity (Wildman–Crippen MR) is 80.4 cm³/mol. The van der Waals surface area contributed by atoms with E-state index in [1.54, 1.807) is 0 Å². The van der Waals surface area contributed by atoms with Crippen LogP contribution in [0.5, 0.6) is 0 Å². The van der Waals surface area contributed by atoms with Crippen molar-refractivity contribution in [2.24, 2.45) is 0 Å². The second-order valence-corrected chi connectivity index (χ2v) is 11.6. The Bertz CT molecular complexity index is 331. The Balaban J connectivity index is 3.42. The Hall–Kier alpha value is -0.703. The monoisotopic (exact) mass is 252 g/mol. The fraction of sp³-hybridized carbons (Fsp3) is 0.714. The maximum atomic E-state index is 3.34. The molecule has 2 nitrogen and oxygen atoms in total. The van der Waals surface area contributed by atoms with Crippen LogP contribution in [-0.2, 0) is 0 Å². The minimum absolute atomic E-state index is 0.738. The molecule has 0 spiro atoms. The van der Waals surface area contributed by atoms with Crippen LogP contribution in [0.15, 0.2) is 18.3 Å². The van der Waals surface area contributed by atoms with Crippen LogP contribution in [0, 0.1) is 0 Å². The van der Waals surface area contributed by atoms with Gasteiger partial charge >= 0.3 is 0 Å². The number of hydrogen-bond donors (Lipinski definition) is 1. The van der Waals surface area contributed by atoms with Gasteiger partial charge in [-0.05, 0) is 35.0 Å². The fourth-order valence-electron chi connectivity index (χ4n) is 3.76. The molecule has 0 saturated heterocycles. The van der Waals surface area contributed by atoms with E-state index in [0.717, 1.165) is 16.6 Å². The Labute approximate surface area is 108 Å². The molecule has 0 fully saturated rings. The normalized spacial score (nSPS) is 12.8.